The highest BCUT2D eigenvalue weighted by atomic mass is 16.5. The minimum Gasteiger partial charge on any atom is -0.507 e. The molecule has 0 unspecified atom stereocenters. The van der Waals surface area contributed by atoms with Gasteiger partial charge in [0.2, 0.25) is 0 Å². The largest absolute Gasteiger partial charge is 0.507 e. The molecule has 1 rings (SSSR count). The molecule has 17 heavy (non-hydrogen) atoms. The number of carbonyl (C=O) groups excluding carboxylic acids is 2. The van der Waals surface area contributed by atoms with Crippen LogP contribution >= 0.6 is 0 Å². The van der Waals surface area contributed by atoms with Gasteiger partial charge in [0.15, 0.2) is 6.29 Å². The number of benzene rings is 1. The Morgan fingerprint density at radius 3 is 2.82 bits per heavy atom. The standard InChI is InChI=1S/C13H14O4/c1-2-17-13(16)5-3-4-10-6-7-11(9-14)12(15)8-10/h3-4,6-9,15H,2,5H2,1H3. The summed E-state index contributed by atoms with van der Waals surface area (Å²) in [7, 11) is 0. The summed E-state index contributed by atoms with van der Waals surface area (Å²) >= 11 is 0. The monoisotopic (exact) mass is 234 g/mol. The summed E-state index contributed by atoms with van der Waals surface area (Å²) in [5.74, 6) is -0.365. The van der Waals surface area contributed by atoms with Crippen molar-refractivity contribution < 1.29 is 19.4 Å². The lowest BCUT2D eigenvalue weighted by Gasteiger charge is -1.99. The highest BCUT2D eigenvalue weighted by molar-refractivity contribution is 5.80. The van der Waals surface area contributed by atoms with Gasteiger partial charge in [0.25, 0.3) is 0 Å². The summed E-state index contributed by atoms with van der Waals surface area (Å²) in [4.78, 5) is 21.5. The Hall–Kier alpha value is -2.10. The summed E-state index contributed by atoms with van der Waals surface area (Å²) in [6.45, 7) is 2.11. The van der Waals surface area contributed by atoms with Gasteiger partial charge in [0, 0.05) is 0 Å². The Kier molecular flexibility index (Phi) is 4.94. The van der Waals surface area contributed by atoms with Crippen molar-refractivity contribution in [2.24, 2.45) is 0 Å². The first-order chi connectivity index (χ1) is 8.17. The van der Waals surface area contributed by atoms with Crippen molar-refractivity contribution >= 4 is 18.3 Å². The molecule has 1 N–H and O–H groups in total. The van der Waals surface area contributed by atoms with Crippen LogP contribution in [0.1, 0.15) is 29.3 Å². The minimum absolute atomic E-state index is 0.0710. The lowest BCUT2D eigenvalue weighted by molar-refractivity contribution is -0.142. The van der Waals surface area contributed by atoms with E-state index in [2.05, 4.69) is 0 Å². The summed E-state index contributed by atoms with van der Waals surface area (Å²) < 4.78 is 4.75. The molecule has 90 valence electrons. The maximum Gasteiger partial charge on any atom is 0.309 e. The maximum atomic E-state index is 11.0. The van der Waals surface area contributed by atoms with Gasteiger partial charge in [0.05, 0.1) is 18.6 Å². The van der Waals surface area contributed by atoms with Crippen LogP contribution in [-0.2, 0) is 9.53 Å². The van der Waals surface area contributed by atoms with E-state index in [9.17, 15) is 14.7 Å². The van der Waals surface area contributed by atoms with Gasteiger partial charge in [0.1, 0.15) is 5.75 Å². The Morgan fingerprint density at radius 2 is 2.24 bits per heavy atom. The van der Waals surface area contributed by atoms with E-state index in [4.69, 9.17) is 4.74 Å². The molecule has 0 atom stereocenters. The fraction of sp³-hybridized carbons (Fsp3) is 0.231. The van der Waals surface area contributed by atoms with E-state index < -0.39 is 0 Å². The van der Waals surface area contributed by atoms with E-state index in [0.29, 0.717) is 12.9 Å². The highest BCUT2D eigenvalue weighted by Crippen LogP contribution is 2.17. The van der Waals surface area contributed by atoms with Gasteiger partial charge in [-0.1, -0.05) is 18.2 Å². The zero-order chi connectivity index (χ0) is 12.7. The van der Waals surface area contributed by atoms with Crippen molar-refractivity contribution in [2.45, 2.75) is 13.3 Å². The number of hydrogen-bond donors (Lipinski definition) is 1. The molecule has 0 radical (unpaired) electrons. The molecule has 0 saturated carbocycles. The molecule has 0 aliphatic heterocycles. The average Bonchev–Trinajstić information content (AvgIpc) is 2.29. The van der Waals surface area contributed by atoms with Crippen molar-refractivity contribution in [1.82, 2.24) is 0 Å². The molecule has 0 fully saturated rings. The Labute approximate surface area is 99.5 Å². The third kappa shape index (κ3) is 4.10. The molecular formula is C13H14O4. The SMILES string of the molecule is CCOC(=O)CC=Cc1ccc(C=O)c(O)c1. The molecule has 4 nitrogen and oxygen atoms in total. The molecule has 0 aromatic heterocycles. The van der Waals surface area contributed by atoms with Gasteiger partial charge in [-0.3, -0.25) is 9.59 Å². The summed E-state index contributed by atoms with van der Waals surface area (Å²) in [5, 5.41) is 9.43. The first kappa shape index (κ1) is 13.0. The number of esters is 1. The van der Waals surface area contributed by atoms with Gasteiger partial charge in [-0.2, -0.15) is 0 Å². The van der Waals surface area contributed by atoms with Crippen molar-refractivity contribution in [2.75, 3.05) is 6.61 Å². The molecule has 0 aliphatic carbocycles. The summed E-state index contributed by atoms with van der Waals surface area (Å²) in [6, 6.07) is 4.67. The molecule has 4 heteroatoms. The second kappa shape index (κ2) is 6.48. The van der Waals surface area contributed by atoms with Crippen LogP contribution in [0.15, 0.2) is 24.3 Å². The minimum atomic E-state index is -0.294. The molecule has 0 amide bonds. The molecule has 0 aliphatic rings. The van der Waals surface area contributed by atoms with E-state index in [1.54, 1.807) is 25.1 Å². The van der Waals surface area contributed by atoms with Crippen LogP contribution in [0.4, 0.5) is 0 Å². The number of ether oxygens (including phenoxy) is 1. The third-order valence-corrected chi connectivity index (χ3v) is 2.08. The van der Waals surface area contributed by atoms with Gasteiger partial charge in [-0.05, 0) is 24.6 Å². The van der Waals surface area contributed by atoms with Gasteiger partial charge < -0.3 is 9.84 Å². The van der Waals surface area contributed by atoms with Gasteiger partial charge in [-0.25, -0.2) is 0 Å². The lowest BCUT2D eigenvalue weighted by Crippen LogP contribution is -2.01. The van der Waals surface area contributed by atoms with Crippen LogP contribution in [0.5, 0.6) is 5.75 Å². The van der Waals surface area contributed by atoms with Crippen LogP contribution in [0, 0.1) is 0 Å². The zero-order valence-electron chi connectivity index (χ0n) is 9.55. The first-order valence-electron chi connectivity index (χ1n) is 5.27. The maximum absolute atomic E-state index is 11.0. The lowest BCUT2D eigenvalue weighted by atomic mass is 10.1. The second-order valence-corrected chi connectivity index (χ2v) is 3.35. The van der Waals surface area contributed by atoms with E-state index in [1.807, 2.05) is 0 Å². The van der Waals surface area contributed by atoms with E-state index in [-0.39, 0.29) is 23.7 Å². The zero-order valence-corrected chi connectivity index (χ0v) is 9.55. The number of phenols is 1. The van der Waals surface area contributed by atoms with Crippen LogP contribution in [0.2, 0.25) is 0 Å². The molecule has 1 aromatic carbocycles. The summed E-state index contributed by atoms with van der Waals surface area (Å²) in [6.07, 6.45) is 4.10. The number of rotatable bonds is 5. The Morgan fingerprint density at radius 1 is 1.47 bits per heavy atom. The Balaban J connectivity index is 2.63. The summed E-state index contributed by atoms with van der Waals surface area (Å²) in [5.41, 5.74) is 0.963. The van der Waals surface area contributed by atoms with Gasteiger partial charge in [-0.15, -0.1) is 0 Å². The number of aromatic hydroxyl groups is 1. The quantitative estimate of drug-likeness (QED) is 0.626. The molecule has 0 heterocycles. The van der Waals surface area contributed by atoms with Crippen LogP contribution < -0.4 is 0 Å². The van der Waals surface area contributed by atoms with Crippen molar-refractivity contribution in [1.29, 1.82) is 0 Å². The van der Waals surface area contributed by atoms with Crippen LogP contribution in [0.3, 0.4) is 0 Å². The van der Waals surface area contributed by atoms with Gasteiger partial charge >= 0.3 is 5.97 Å². The number of carbonyl (C=O) groups is 2. The van der Waals surface area contributed by atoms with Crippen LogP contribution in [-0.4, -0.2) is 24.0 Å². The van der Waals surface area contributed by atoms with Crippen LogP contribution in [0.25, 0.3) is 6.08 Å². The predicted octanol–water partition coefficient (Wildman–Crippen LogP) is 2.17. The third-order valence-electron chi connectivity index (χ3n) is 2.08. The Bertz CT molecular complexity index is 435. The van der Waals surface area contributed by atoms with E-state index >= 15 is 0 Å². The molecule has 0 bridgehead atoms. The smallest absolute Gasteiger partial charge is 0.309 e. The number of aldehydes is 1. The molecule has 0 saturated heterocycles. The number of phenolic OH excluding ortho intramolecular Hbond substituents is 1. The fourth-order valence-electron chi connectivity index (χ4n) is 1.28. The molecular weight excluding hydrogens is 220 g/mol. The fourth-order valence-corrected chi connectivity index (χ4v) is 1.28. The van der Waals surface area contributed by atoms with Crippen molar-refractivity contribution in [3.05, 3.63) is 35.4 Å². The van der Waals surface area contributed by atoms with E-state index in [0.717, 1.165) is 5.56 Å². The average molecular weight is 234 g/mol. The molecule has 1 aromatic rings. The topological polar surface area (TPSA) is 63.6 Å². The highest BCUT2D eigenvalue weighted by Gasteiger charge is 2.00. The molecule has 0 spiro atoms. The normalized spacial score (nSPS) is 10.4. The van der Waals surface area contributed by atoms with Crippen molar-refractivity contribution in [3.63, 3.8) is 0 Å². The second-order valence-electron chi connectivity index (χ2n) is 3.35. The first-order valence-corrected chi connectivity index (χ1v) is 5.27. The predicted molar refractivity (Wildman–Crippen MR) is 63.8 cm³/mol. The van der Waals surface area contributed by atoms with E-state index in [1.165, 1.54) is 12.1 Å². The van der Waals surface area contributed by atoms with Crippen molar-refractivity contribution in [3.8, 4) is 5.75 Å². The number of hydrogen-bond acceptors (Lipinski definition) is 4.